The average molecular weight is 315 g/mol. The Balaban J connectivity index is 2.54. The molecule has 0 aliphatic carbocycles. The fourth-order valence-corrected chi connectivity index (χ4v) is 2.26. The number of hydrogen-bond donors (Lipinski definition) is 0. The highest BCUT2D eigenvalue weighted by Gasteiger charge is 2.17. The molecule has 2 rings (SSSR count). The molecule has 0 amide bonds. The van der Waals surface area contributed by atoms with Crippen LogP contribution in [-0.2, 0) is 0 Å². The maximum Gasteiger partial charge on any atom is 0.194 e. The third-order valence-electron chi connectivity index (χ3n) is 2.74. The summed E-state index contributed by atoms with van der Waals surface area (Å²) in [6.45, 7) is 3.46. The molecular formula is C16H11BrO2. The highest BCUT2D eigenvalue weighted by atomic mass is 79.9. The van der Waals surface area contributed by atoms with Crippen molar-refractivity contribution in [2.45, 2.75) is 0 Å². The summed E-state index contributed by atoms with van der Waals surface area (Å²) in [5.74, 6) is -0.436. The van der Waals surface area contributed by atoms with Gasteiger partial charge in [-0.25, -0.2) is 0 Å². The van der Waals surface area contributed by atoms with Crippen LogP contribution in [0, 0.1) is 0 Å². The molecule has 0 atom stereocenters. The monoisotopic (exact) mass is 314 g/mol. The van der Waals surface area contributed by atoms with Crippen molar-refractivity contribution < 1.29 is 9.59 Å². The van der Waals surface area contributed by atoms with E-state index in [9.17, 15) is 9.59 Å². The van der Waals surface area contributed by atoms with Crippen molar-refractivity contribution >= 4 is 27.5 Å². The molecular weight excluding hydrogens is 304 g/mol. The first-order chi connectivity index (χ1) is 9.15. The molecule has 19 heavy (non-hydrogen) atoms. The molecule has 2 aromatic carbocycles. The van der Waals surface area contributed by atoms with Gasteiger partial charge in [0.15, 0.2) is 11.6 Å². The molecule has 0 spiro atoms. The second-order valence-corrected chi connectivity index (χ2v) is 4.78. The summed E-state index contributed by atoms with van der Waals surface area (Å²) < 4.78 is 0.709. The first-order valence-corrected chi connectivity index (χ1v) is 6.49. The third kappa shape index (κ3) is 2.71. The molecule has 0 N–H and O–H groups in total. The molecule has 0 unspecified atom stereocenters. The number of carbonyl (C=O) groups excluding carboxylic acids is 2. The second-order valence-electron chi connectivity index (χ2n) is 3.92. The van der Waals surface area contributed by atoms with E-state index < -0.39 is 0 Å². The van der Waals surface area contributed by atoms with E-state index >= 15 is 0 Å². The number of halogens is 1. The standard InChI is InChI=1S/C16H11BrO2/c1-2-15(18)11-7-3-4-8-12(11)16(19)13-9-5-6-10-14(13)17/h2-10H,1H2. The zero-order valence-corrected chi connectivity index (χ0v) is 11.7. The predicted octanol–water partition coefficient (Wildman–Crippen LogP) is 4.05. The van der Waals surface area contributed by atoms with E-state index in [2.05, 4.69) is 22.5 Å². The van der Waals surface area contributed by atoms with Crippen LogP contribution in [-0.4, -0.2) is 11.6 Å². The number of carbonyl (C=O) groups is 2. The Morgan fingerprint density at radius 2 is 1.42 bits per heavy atom. The molecule has 0 aromatic heterocycles. The normalized spacial score (nSPS) is 9.95. The van der Waals surface area contributed by atoms with Crippen molar-refractivity contribution in [3.8, 4) is 0 Å². The smallest absolute Gasteiger partial charge is 0.194 e. The van der Waals surface area contributed by atoms with Gasteiger partial charge in [0.2, 0.25) is 0 Å². The largest absolute Gasteiger partial charge is 0.289 e. The van der Waals surface area contributed by atoms with E-state index in [-0.39, 0.29) is 11.6 Å². The second kappa shape index (κ2) is 5.76. The molecule has 0 aliphatic rings. The highest BCUT2D eigenvalue weighted by Crippen LogP contribution is 2.22. The van der Waals surface area contributed by atoms with E-state index in [0.29, 0.717) is 21.2 Å². The van der Waals surface area contributed by atoms with Crippen LogP contribution in [0.2, 0.25) is 0 Å². The van der Waals surface area contributed by atoms with Gasteiger partial charge in [0, 0.05) is 21.2 Å². The van der Waals surface area contributed by atoms with Crippen LogP contribution in [0.5, 0.6) is 0 Å². The SMILES string of the molecule is C=CC(=O)c1ccccc1C(=O)c1ccccc1Br. The molecule has 0 heterocycles. The van der Waals surface area contributed by atoms with Crippen molar-refractivity contribution in [2.75, 3.05) is 0 Å². The molecule has 2 nitrogen and oxygen atoms in total. The molecule has 2 aromatic rings. The van der Waals surface area contributed by atoms with Crippen molar-refractivity contribution in [1.29, 1.82) is 0 Å². The van der Waals surface area contributed by atoms with Gasteiger partial charge in [0.1, 0.15) is 0 Å². The maximum atomic E-state index is 12.5. The van der Waals surface area contributed by atoms with E-state index in [0.717, 1.165) is 0 Å². The summed E-state index contributed by atoms with van der Waals surface area (Å²) in [4.78, 5) is 24.3. The van der Waals surface area contributed by atoms with Crippen molar-refractivity contribution in [3.63, 3.8) is 0 Å². The van der Waals surface area contributed by atoms with Crippen molar-refractivity contribution in [1.82, 2.24) is 0 Å². The number of ketones is 2. The molecule has 0 radical (unpaired) electrons. The molecule has 94 valence electrons. The average Bonchev–Trinajstić information content (AvgIpc) is 2.46. The van der Waals surface area contributed by atoms with Crippen molar-refractivity contribution in [3.05, 3.63) is 82.3 Å². The molecule has 3 heteroatoms. The minimum absolute atomic E-state index is 0.182. The van der Waals surface area contributed by atoms with Gasteiger partial charge >= 0.3 is 0 Å². The molecule has 0 aliphatic heterocycles. The lowest BCUT2D eigenvalue weighted by atomic mass is 9.96. The van der Waals surface area contributed by atoms with Gasteiger partial charge in [0.25, 0.3) is 0 Å². The number of rotatable bonds is 4. The summed E-state index contributed by atoms with van der Waals surface area (Å²) in [6, 6.07) is 13.9. The predicted molar refractivity (Wildman–Crippen MR) is 78.5 cm³/mol. The Morgan fingerprint density at radius 3 is 2.00 bits per heavy atom. The van der Waals surface area contributed by atoms with E-state index in [1.807, 2.05) is 6.07 Å². The number of hydrogen-bond acceptors (Lipinski definition) is 2. The molecule has 0 saturated carbocycles. The van der Waals surface area contributed by atoms with Gasteiger partial charge in [-0.2, -0.15) is 0 Å². The molecule has 0 saturated heterocycles. The first-order valence-electron chi connectivity index (χ1n) is 5.70. The molecule has 0 fully saturated rings. The van der Waals surface area contributed by atoms with Crippen LogP contribution < -0.4 is 0 Å². The minimum atomic E-state index is -0.254. The Bertz CT molecular complexity index is 659. The highest BCUT2D eigenvalue weighted by molar-refractivity contribution is 9.10. The Labute approximate surface area is 119 Å². The lowest BCUT2D eigenvalue weighted by molar-refractivity contribution is 0.101. The van der Waals surface area contributed by atoms with Crippen LogP contribution in [0.1, 0.15) is 26.3 Å². The van der Waals surface area contributed by atoms with E-state index in [1.165, 1.54) is 6.08 Å². The van der Waals surface area contributed by atoms with Crippen molar-refractivity contribution in [2.24, 2.45) is 0 Å². The van der Waals surface area contributed by atoms with Crippen LogP contribution in [0.25, 0.3) is 0 Å². The summed E-state index contributed by atoms with van der Waals surface area (Å²) in [5, 5.41) is 0. The van der Waals surface area contributed by atoms with Crippen LogP contribution in [0.4, 0.5) is 0 Å². The third-order valence-corrected chi connectivity index (χ3v) is 3.43. The summed E-state index contributed by atoms with van der Waals surface area (Å²) in [6.07, 6.45) is 1.21. The summed E-state index contributed by atoms with van der Waals surface area (Å²) in [5.41, 5.74) is 1.30. The van der Waals surface area contributed by atoms with E-state index in [4.69, 9.17) is 0 Å². The summed E-state index contributed by atoms with van der Waals surface area (Å²) >= 11 is 3.35. The number of benzene rings is 2. The van der Waals surface area contributed by atoms with Gasteiger partial charge in [-0.3, -0.25) is 9.59 Å². The van der Waals surface area contributed by atoms with E-state index in [1.54, 1.807) is 42.5 Å². The van der Waals surface area contributed by atoms with Gasteiger partial charge in [-0.15, -0.1) is 0 Å². The van der Waals surface area contributed by atoms with Gasteiger partial charge in [-0.1, -0.05) is 58.9 Å². The maximum absolute atomic E-state index is 12.5. The number of allylic oxidation sites excluding steroid dienone is 1. The zero-order valence-electron chi connectivity index (χ0n) is 10.1. The Kier molecular flexibility index (Phi) is 4.07. The lowest BCUT2D eigenvalue weighted by Gasteiger charge is -2.07. The fourth-order valence-electron chi connectivity index (χ4n) is 1.80. The topological polar surface area (TPSA) is 34.1 Å². The summed E-state index contributed by atoms with van der Waals surface area (Å²) in [7, 11) is 0. The zero-order chi connectivity index (χ0) is 13.8. The Morgan fingerprint density at radius 1 is 0.895 bits per heavy atom. The van der Waals surface area contributed by atoms with Gasteiger partial charge < -0.3 is 0 Å². The molecule has 0 bridgehead atoms. The van der Waals surface area contributed by atoms with Crippen LogP contribution >= 0.6 is 15.9 Å². The quantitative estimate of drug-likeness (QED) is 0.630. The van der Waals surface area contributed by atoms with Gasteiger partial charge in [0.05, 0.1) is 0 Å². The minimum Gasteiger partial charge on any atom is -0.289 e. The Hall–Kier alpha value is -2.00. The fraction of sp³-hybridized carbons (Fsp3) is 0. The van der Waals surface area contributed by atoms with Crippen LogP contribution in [0.3, 0.4) is 0 Å². The van der Waals surface area contributed by atoms with Gasteiger partial charge in [-0.05, 0) is 18.2 Å². The lowest BCUT2D eigenvalue weighted by Crippen LogP contribution is -2.09. The first kappa shape index (κ1) is 13.4. The van der Waals surface area contributed by atoms with Crippen LogP contribution in [0.15, 0.2) is 65.7 Å².